The Morgan fingerprint density at radius 3 is 1.28 bits per heavy atom. The van der Waals surface area contributed by atoms with Crippen LogP contribution in [0.25, 0.3) is 0 Å². The summed E-state index contributed by atoms with van der Waals surface area (Å²) in [6, 6.07) is 4.37. The summed E-state index contributed by atoms with van der Waals surface area (Å²) in [4.78, 5) is 0. The summed E-state index contributed by atoms with van der Waals surface area (Å²) >= 11 is 3.97. The normalized spacial score (nSPS) is 11.3. The van der Waals surface area contributed by atoms with Gasteiger partial charge >= 0.3 is 0 Å². The van der Waals surface area contributed by atoms with Crippen molar-refractivity contribution in [1.82, 2.24) is 0 Å². The molecule has 0 fully saturated rings. The zero-order chi connectivity index (χ0) is 23.3. The maximum absolute atomic E-state index is 10.8. The number of benzene rings is 1. The minimum atomic E-state index is 0.558. The van der Waals surface area contributed by atoms with Crippen molar-refractivity contribution in [2.45, 2.75) is 135 Å². The minimum absolute atomic E-state index is 0.558. The lowest BCUT2D eigenvalue weighted by Gasteiger charge is -2.12. The van der Waals surface area contributed by atoms with Crippen molar-refractivity contribution in [2.24, 2.45) is 0 Å². The summed E-state index contributed by atoms with van der Waals surface area (Å²) in [5, 5.41) is 10.8. The Labute approximate surface area is 209 Å². The predicted octanol–water partition coefficient (Wildman–Crippen LogP) is 10.4. The lowest BCUT2D eigenvalue weighted by molar-refractivity contribution is 0.465. The van der Waals surface area contributed by atoms with E-state index in [4.69, 9.17) is 0 Å². The van der Waals surface area contributed by atoms with Gasteiger partial charge in [-0.2, -0.15) is 23.5 Å². The smallest absolute Gasteiger partial charge is 0.123 e. The third-order valence-electron chi connectivity index (χ3n) is 6.21. The van der Waals surface area contributed by atoms with E-state index in [9.17, 15) is 5.11 Å². The molecule has 0 bridgehead atoms. The third kappa shape index (κ3) is 15.5. The molecule has 32 heavy (non-hydrogen) atoms. The zero-order valence-corrected chi connectivity index (χ0v) is 23.2. The number of hydrogen-bond acceptors (Lipinski definition) is 3. The fraction of sp³-hybridized carbons (Fsp3) is 0.793. The first-order valence-corrected chi connectivity index (χ1v) is 16.0. The first kappa shape index (κ1) is 29.8. The van der Waals surface area contributed by atoms with Gasteiger partial charge in [-0.25, -0.2) is 0 Å². The van der Waals surface area contributed by atoms with Gasteiger partial charge in [-0.05, 0) is 31.3 Å². The predicted molar refractivity (Wildman–Crippen MR) is 150 cm³/mol. The van der Waals surface area contributed by atoms with Crippen LogP contribution in [-0.4, -0.2) is 16.6 Å². The van der Waals surface area contributed by atoms with Gasteiger partial charge in [-0.3, -0.25) is 0 Å². The summed E-state index contributed by atoms with van der Waals surface area (Å²) in [5.41, 5.74) is 3.56. The quantitative estimate of drug-likeness (QED) is 0.167. The lowest BCUT2D eigenvalue weighted by atomic mass is 10.1. The van der Waals surface area contributed by atoms with Gasteiger partial charge < -0.3 is 5.11 Å². The van der Waals surface area contributed by atoms with Crippen LogP contribution in [0.2, 0.25) is 0 Å². The molecule has 1 rings (SSSR count). The van der Waals surface area contributed by atoms with E-state index in [2.05, 4.69) is 32.9 Å². The van der Waals surface area contributed by atoms with Crippen molar-refractivity contribution in [2.75, 3.05) is 11.5 Å². The Morgan fingerprint density at radius 1 is 0.562 bits per heavy atom. The molecule has 1 nitrogen and oxygen atoms in total. The van der Waals surface area contributed by atoms with Crippen molar-refractivity contribution in [1.29, 1.82) is 0 Å². The second kappa shape index (κ2) is 21.3. The van der Waals surface area contributed by atoms with Crippen LogP contribution in [0.1, 0.15) is 133 Å². The van der Waals surface area contributed by atoms with Crippen LogP contribution in [-0.2, 0) is 11.5 Å². The Morgan fingerprint density at radius 2 is 0.906 bits per heavy atom. The van der Waals surface area contributed by atoms with Crippen molar-refractivity contribution in [3.8, 4) is 5.75 Å². The van der Waals surface area contributed by atoms with Crippen LogP contribution in [0.3, 0.4) is 0 Å². The number of phenolic OH excluding ortho intramolecular Hbond substituents is 1. The average Bonchev–Trinajstić information content (AvgIpc) is 2.78. The van der Waals surface area contributed by atoms with Gasteiger partial charge in [-0.1, -0.05) is 121 Å². The number of unbranched alkanes of at least 4 members (excludes halogenated alkanes) is 14. The Hall–Kier alpha value is -0.280. The van der Waals surface area contributed by atoms with Gasteiger partial charge in [0.1, 0.15) is 5.75 Å². The molecule has 0 unspecified atom stereocenters. The van der Waals surface area contributed by atoms with Crippen LogP contribution >= 0.6 is 23.5 Å². The number of aromatic hydroxyl groups is 1. The fourth-order valence-electron chi connectivity index (χ4n) is 4.19. The second-order valence-corrected chi connectivity index (χ2v) is 11.7. The molecule has 0 amide bonds. The molecule has 0 aliphatic carbocycles. The highest BCUT2D eigenvalue weighted by atomic mass is 32.2. The van der Waals surface area contributed by atoms with E-state index in [1.54, 1.807) is 0 Å². The Kier molecular flexibility index (Phi) is 19.8. The molecule has 0 atom stereocenters. The van der Waals surface area contributed by atoms with Gasteiger partial charge in [0.25, 0.3) is 0 Å². The van der Waals surface area contributed by atoms with Crippen LogP contribution in [0.5, 0.6) is 5.75 Å². The highest BCUT2D eigenvalue weighted by Gasteiger charge is 2.09. The molecule has 0 spiro atoms. The standard InChI is InChI=1S/C29H52OS2/c1-4-6-8-10-12-14-16-18-20-31-24-27-22-26(3)23-28(29(27)30)25-32-21-19-17-15-13-11-9-7-5-2/h22-23,30H,4-21,24-25H2,1-3H3. The first-order chi connectivity index (χ1) is 15.7. The largest absolute Gasteiger partial charge is 0.507 e. The third-order valence-corrected chi connectivity index (χ3v) is 8.40. The number of thioether (sulfide) groups is 2. The van der Waals surface area contributed by atoms with Gasteiger partial charge in [0.2, 0.25) is 0 Å². The fourth-order valence-corrected chi connectivity index (χ4v) is 6.18. The molecule has 1 aromatic rings. The van der Waals surface area contributed by atoms with E-state index in [1.807, 2.05) is 23.5 Å². The molecule has 0 aromatic heterocycles. The summed E-state index contributed by atoms with van der Waals surface area (Å²) < 4.78 is 0. The van der Waals surface area contributed by atoms with Crippen LogP contribution in [0, 0.1) is 6.92 Å². The molecule has 3 heteroatoms. The highest BCUT2D eigenvalue weighted by molar-refractivity contribution is 7.98. The molecule has 1 aromatic carbocycles. The van der Waals surface area contributed by atoms with Gasteiger partial charge in [0.05, 0.1) is 0 Å². The summed E-state index contributed by atoms with van der Waals surface area (Å²) in [5.74, 6) is 4.87. The van der Waals surface area contributed by atoms with Crippen molar-refractivity contribution < 1.29 is 5.11 Å². The first-order valence-electron chi connectivity index (χ1n) is 13.7. The average molecular weight is 481 g/mol. The van der Waals surface area contributed by atoms with Crippen molar-refractivity contribution in [3.05, 3.63) is 28.8 Å². The minimum Gasteiger partial charge on any atom is -0.507 e. The summed E-state index contributed by atoms with van der Waals surface area (Å²) in [7, 11) is 0. The number of rotatable bonds is 22. The molecular formula is C29H52OS2. The maximum atomic E-state index is 10.8. The SMILES string of the molecule is CCCCCCCCCCSCc1cc(C)cc(CSCCCCCCCCCC)c1O. The zero-order valence-electron chi connectivity index (χ0n) is 21.6. The van der Waals surface area contributed by atoms with Crippen molar-refractivity contribution >= 4 is 23.5 Å². The monoisotopic (exact) mass is 480 g/mol. The number of hydrogen-bond donors (Lipinski definition) is 1. The topological polar surface area (TPSA) is 20.2 Å². The molecule has 0 saturated heterocycles. The Balaban J connectivity index is 2.16. The molecule has 0 heterocycles. The van der Waals surface area contributed by atoms with E-state index >= 15 is 0 Å². The summed E-state index contributed by atoms with van der Waals surface area (Å²) in [6.45, 7) is 6.73. The molecule has 0 radical (unpaired) electrons. The van der Waals surface area contributed by atoms with E-state index in [0.29, 0.717) is 5.75 Å². The molecular weight excluding hydrogens is 428 g/mol. The maximum Gasteiger partial charge on any atom is 0.123 e. The van der Waals surface area contributed by atoms with Crippen LogP contribution < -0.4 is 0 Å². The van der Waals surface area contributed by atoms with E-state index < -0.39 is 0 Å². The number of phenols is 1. The van der Waals surface area contributed by atoms with Gasteiger partial charge in [0.15, 0.2) is 0 Å². The van der Waals surface area contributed by atoms with E-state index in [-0.39, 0.29) is 0 Å². The van der Waals surface area contributed by atoms with Crippen molar-refractivity contribution in [3.63, 3.8) is 0 Å². The molecule has 0 aliphatic rings. The molecule has 186 valence electrons. The molecule has 0 saturated carbocycles. The summed E-state index contributed by atoms with van der Waals surface area (Å²) in [6.07, 6.45) is 22.1. The second-order valence-electron chi connectivity index (χ2n) is 9.49. The Bertz CT molecular complexity index is 513. The van der Waals surface area contributed by atoms with Crippen LogP contribution in [0.15, 0.2) is 12.1 Å². The van der Waals surface area contributed by atoms with E-state index in [0.717, 1.165) is 22.6 Å². The number of aryl methyl sites for hydroxylation is 1. The van der Waals surface area contributed by atoms with Gasteiger partial charge in [-0.15, -0.1) is 0 Å². The molecule has 0 aliphatic heterocycles. The highest BCUT2D eigenvalue weighted by Crippen LogP contribution is 2.31. The lowest BCUT2D eigenvalue weighted by Crippen LogP contribution is -1.93. The van der Waals surface area contributed by atoms with Crippen LogP contribution in [0.4, 0.5) is 0 Å². The molecule has 1 N–H and O–H groups in total. The van der Waals surface area contributed by atoms with Gasteiger partial charge in [0, 0.05) is 22.6 Å². The van der Waals surface area contributed by atoms with E-state index in [1.165, 1.54) is 120 Å².